The number of nitrogens with zero attached hydrogens (tertiary/aromatic N) is 1. The van der Waals surface area contributed by atoms with E-state index in [9.17, 15) is 4.79 Å². The van der Waals surface area contributed by atoms with Gasteiger partial charge in [-0.1, -0.05) is 19.9 Å². The van der Waals surface area contributed by atoms with E-state index in [4.69, 9.17) is 9.84 Å². The van der Waals surface area contributed by atoms with Crippen LogP contribution in [0.25, 0.3) is 0 Å². The molecule has 15 heavy (non-hydrogen) atoms. The number of hydrogen-bond donors (Lipinski definition) is 1. The standard InChI is InChI=1S/C11H15NO3/c1-11(2,6-10(13)14)8-4-5-9(15-3)12-7-8/h4-5,7H,6H2,1-3H3,(H,13,14). The van der Waals surface area contributed by atoms with E-state index in [2.05, 4.69) is 4.98 Å². The molecule has 0 spiro atoms. The molecule has 0 aliphatic heterocycles. The Morgan fingerprint density at radius 3 is 2.60 bits per heavy atom. The third-order valence-corrected chi connectivity index (χ3v) is 2.32. The van der Waals surface area contributed by atoms with E-state index in [0.717, 1.165) is 5.56 Å². The molecule has 1 aromatic heterocycles. The zero-order chi connectivity index (χ0) is 11.5. The molecular formula is C11H15NO3. The zero-order valence-electron chi connectivity index (χ0n) is 9.15. The molecule has 0 aliphatic carbocycles. The fourth-order valence-electron chi connectivity index (χ4n) is 1.38. The van der Waals surface area contributed by atoms with E-state index in [-0.39, 0.29) is 6.42 Å². The fourth-order valence-corrected chi connectivity index (χ4v) is 1.38. The molecule has 1 rings (SSSR count). The molecule has 0 bridgehead atoms. The summed E-state index contributed by atoms with van der Waals surface area (Å²) in [6.45, 7) is 3.76. The molecule has 82 valence electrons. The average Bonchev–Trinajstić information content (AvgIpc) is 2.16. The van der Waals surface area contributed by atoms with Gasteiger partial charge < -0.3 is 9.84 Å². The second kappa shape index (κ2) is 4.29. The van der Waals surface area contributed by atoms with Gasteiger partial charge in [-0.15, -0.1) is 0 Å². The summed E-state index contributed by atoms with van der Waals surface area (Å²) in [4.78, 5) is 14.7. The van der Waals surface area contributed by atoms with Crippen LogP contribution in [0, 0.1) is 0 Å². The van der Waals surface area contributed by atoms with E-state index >= 15 is 0 Å². The molecule has 0 amide bonds. The topological polar surface area (TPSA) is 59.4 Å². The summed E-state index contributed by atoms with van der Waals surface area (Å²) in [6.07, 6.45) is 1.74. The van der Waals surface area contributed by atoms with E-state index in [1.54, 1.807) is 19.4 Å². The number of rotatable bonds is 4. The predicted molar refractivity (Wildman–Crippen MR) is 56.1 cm³/mol. The maximum atomic E-state index is 10.7. The van der Waals surface area contributed by atoms with Crippen LogP contribution in [0.5, 0.6) is 5.88 Å². The van der Waals surface area contributed by atoms with Crippen molar-refractivity contribution >= 4 is 5.97 Å². The quantitative estimate of drug-likeness (QED) is 0.822. The molecule has 1 N–H and O–H groups in total. The Balaban J connectivity index is 2.89. The molecule has 4 nitrogen and oxygen atoms in total. The van der Waals surface area contributed by atoms with Crippen molar-refractivity contribution in [3.8, 4) is 5.88 Å². The zero-order valence-corrected chi connectivity index (χ0v) is 9.15. The lowest BCUT2D eigenvalue weighted by Crippen LogP contribution is -2.21. The molecule has 0 radical (unpaired) electrons. The Morgan fingerprint density at radius 1 is 1.53 bits per heavy atom. The second-order valence-corrected chi connectivity index (χ2v) is 4.04. The number of methoxy groups -OCH3 is 1. The molecule has 1 heterocycles. The second-order valence-electron chi connectivity index (χ2n) is 4.04. The van der Waals surface area contributed by atoms with E-state index < -0.39 is 11.4 Å². The van der Waals surface area contributed by atoms with Crippen molar-refractivity contribution in [2.45, 2.75) is 25.7 Å². The molecular weight excluding hydrogens is 194 g/mol. The summed E-state index contributed by atoms with van der Waals surface area (Å²) in [5, 5.41) is 8.77. The number of hydrogen-bond acceptors (Lipinski definition) is 3. The van der Waals surface area contributed by atoms with Gasteiger partial charge in [-0.3, -0.25) is 4.79 Å². The van der Waals surface area contributed by atoms with E-state index in [0.29, 0.717) is 5.88 Å². The van der Waals surface area contributed by atoms with Crippen LogP contribution >= 0.6 is 0 Å². The molecule has 0 saturated heterocycles. The predicted octanol–water partition coefficient (Wildman–Crippen LogP) is 1.84. The van der Waals surface area contributed by atoms with Gasteiger partial charge in [0.1, 0.15) is 0 Å². The molecule has 0 saturated carbocycles. The monoisotopic (exact) mass is 209 g/mol. The summed E-state index contributed by atoms with van der Waals surface area (Å²) in [7, 11) is 1.55. The van der Waals surface area contributed by atoms with Crippen molar-refractivity contribution in [1.82, 2.24) is 4.98 Å². The van der Waals surface area contributed by atoms with Gasteiger partial charge in [0, 0.05) is 17.7 Å². The molecule has 4 heteroatoms. The summed E-state index contributed by atoms with van der Waals surface area (Å²) in [5.41, 5.74) is 0.483. The number of ether oxygens (including phenoxy) is 1. The summed E-state index contributed by atoms with van der Waals surface area (Å²) >= 11 is 0. The molecule has 0 fully saturated rings. The van der Waals surface area contributed by atoms with Crippen LogP contribution in [0.1, 0.15) is 25.8 Å². The lowest BCUT2D eigenvalue weighted by molar-refractivity contribution is -0.138. The first-order valence-electron chi connectivity index (χ1n) is 4.68. The van der Waals surface area contributed by atoms with Gasteiger partial charge in [-0.2, -0.15) is 0 Å². The maximum absolute atomic E-state index is 10.7. The minimum atomic E-state index is -0.809. The van der Waals surface area contributed by atoms with Crippen LogP contribution in [0.4, 0.5) is 0 Å². The molecule has 0 atom stereocenters. The third kappa shape index (κ3) is 2.94. The molecule has 0 unspecified atom stereocenters. The normalized spacial score (nSPS) is 11.1. The summed E-state index contributed by atoms with van der Waals surface area (Å²) in [6, 6.07) is 3.58. The van der Waals surface area contributed by atoms with Gasteiger partial charge in [0.05, 0.1) is 13.5 Å². The van der Waals surface area contributed by atoms with Gasteiger partial charge >= 0.3 is 5.97 Å². The third-order valence-electron chi connectivity index (χ3n) is 2.32. The highest BCUT2D eigenvalue weighted by atomic mass is 16.5. The smallest absolute Gasteiger partial charge is 0.304 e. The summed E-state index contributed by atoms with van der Waals surface area (Å²) in [5.74, 6) is -0.277. The van der Waals surface area contributed by atoms with Crippen LogP contribution in [0.15, 0.2) is 18.3 Å². The first-order valence-corrected chi connectivity index (χ1v) is 4.68. The highest BCUT2D eigenvalue weighted by Gasteiger charge is 2.24. The summed E-state index contributed by atoms with van der Waals surface area (Å²) < 4.78 is 4.94. The SMILES string of the molecule is COc1ccc(C(C)(C)CC(=O)O)cn1. The van der Waals surface area contributed by atoms with Crippen molar-refractivity contribution in [1.29, 1.82) is 0 Å². The number of pyridine rings is 1. The average molecular weight is 209 g/mol. The minimum absolute atomic E-state index is 0.0843. The maximum Gasteiger partial charge on any atom is 0.304 e. The highest BCUT2D eigenvalue weighted by Crippen LogP contribution is 2.27. The lowest BCUT2D eigenvalue weighted by Gasteiger charge is -2.22. The molecule has 0 aliphatic rings. The Labute approximate surface area is 88.9 Å². The lowest BCUT2D eigenvalue weighted by atomic mass is 9.82. The van der Waals surface area contributed by atoms with Crippen molar-refractivity contribution in [2.24, 2.45) is 0 Å². The van der Waals surface area contributed by atoms with Gasteiger partial charge in [-0.05, 0) is 5.56 Å². The molecule has 0 aromatic carbocycles. The van der Waals surface area contributed by atoms with Gasteiger partial charge in [0.2, 0.25) is 5.88 Å². The molecule has 1 aromatic rings. The first-order chi connectivity index (χ1) is 6.95. The highest BCUT2D eigenvalue weighted by molar-refractivity contribution is 5.68. The minimum Gasteiger partial charge on any atom is -0.481 e. The van der Waals surface area contributed by atoms with Crippen LogP contribution in [-0.4, -0.2) is 23.2 Å². The fraction of sp³-hybridized carbons (Fsp3) is 0.455. The van der Waals surface area contributed by atoms with Crippen molar-refractivity contribution in [2.75, 3.05) is 7.11 Å². The Morgan fingerprint density at radius 2 is 2.20 bits per heavy atom. The van der Waals surface area contributed by atoms with Gasteiger partial charge in [0.25, 0.3) is 0 Å². The number of carboxylic acid groups (broad SMARTS) is 1. The van der Waals surface area contributed by atoms with Gasteiger partial charge in [-0.25, -0.2) is 4.98 Å². The van der Waals surface area contributed by atoms with Crippen LogP contribution in [0.2, 0.25) is 0 Å². The van der Waals surface area contributed by atoms with Crippen molar-refractivity contribution in [3.63, 3.8) is 0 Å². The Hall–Kier alpha value is -1.58. The van der Waals surface area contributed by atoms with Crippen molar-refractivity contribution < 1.29 is 14.6 Å². The number of aliphatic carboxylic acids is 1. The Bertz CT molecular complexity index is 343. The van der Waals surface area contributed by atoms with Crippen LogP contribution in [-0.2, 0) is 10.2 Å². The van der Waals surface area contributed by atoms with Crippen molar-refractivity contribution in [3.05, 3.63) is 23.9 Å². The van der Waals surface area contributed by atoms with Gasteiger partial charge in [0.15, 0.2) is 0 Å². The largest absolute Gasteiger partial charge is 0.481 e. The number of carboxylic acids is 1. The number of aromatic nitrogens is 1. The first kappa shape index (κ1) is 11.5. The number of carbonyl (C=O) groups is 1. The van der Waals surface area contributed by atoms with Crippen LogP contribution in [0.3, 0.4) is 0 Å². The van der Waals surface area contributed by atoms with E-state index in [1.807, 2.05) is 19.9 Å². The van der Waals surface area contributed by atoms with E-state index in [1.165, 1.54) is 0 Å². The van der Waals surface area contributed by atoms with Crippen LogP contribution < -0.4 is 4.74 Å². The Kier molecular flexibility index (Phi) is 3.29.